The quantitative estimate of drug-likeness (QED) is 0.670. The third-order valence-electron chi connectivity index (χ3n) is 5.25. The van der Waals surface area contributed by atoms with Crippen LogP contribution in [0.5, 0.6) is 11.5 Å². The van der Waals surface area contributed by atoms with Gasteiger partial charge in [0, 0.05) is 54.4 Å². The summed E-state index contributed by atoms with van der Waals surface area (Å²) in [5, 5.41) is 5.22. The van der Waals surface area contributed by atoms with Crippen LogP contribution in [0.4, 0.5) is 17.2 Å². The number of halogens is 1. The molecular weight excluding hydrogens is 388 g/mol. The number of ether oxygens (including phenoxy) is 2. The number of nitrogens with zero attached hydrogens (tertiary/aromatic N) is 3. The molecule has 1 N–H and O–H groups in total. The van der Waals surface area contributed by atoms with Gasteiger partial charge in [-0.1, -0.05) is 11.6 Å². The second-order valence-electron chi connectivity index (χ2n) is 7.17. The molecule has 4 rings (SSSR count). The number of fused-ring (bicyclic) bond motifs is 1. The van der Waals surface area contributed by atoms with Crippen molar-refractivity contribution in [2.45, 2.75) is 0 Å². The number of pyridine rings is 1. The van der Waals surface area contributed by atoms with Gasteiger partial charge in [-0.15, -0.1) is 0 Å². The molecule has 0 spiro atoms. The number of likely N-dealkylation sites (N-methyl/N-ethyl adjacent to an activating group) is 1. The van der Waals surface area contributed by atoms with E-state index in [1.54, 1.807) is 14.2 Å². The first-order chi connectivity index (χ1) is 14.1. The highest BCUT2D eigenvalue weighted by molar-refractivity contribution is 6.31. The van der Waals surface area contributed by atoms with Gasteiger partial charge in [-0.2, -0.15) is 0 Å². The maximum Gasteiger partial charge on any atom is 0.162 e. The minimum Gasteiger partial charge on any atom is -0.493 e. The molecule has 29 heavy (non-hydrogen) atoms. The van der Waals surface area contributed by atoms with Crippen LogP contribution in [0.1, 0.15) is 0 Å². The zero-order valence-corrected chi connectivity index (χ0v) is 17.7. The predicted molar refractivity (Wildman–Crippen MR) is 119 cm³/mol. The lowest BCUT2D eigenvalue weighted by atomic mass is 10.1. The van der Waals surface area contributed by atoms with Crippen LogP contribution in [0, 0.1) is 0 Å². The van der Waals surface area contributed by atoms with E-state index >= 15 is 0 Å². The van der Waals surface area contributed by atoms with Gasteiger partial charge in [0.25, 0.3) is 0 Å². The van der Waals surface area contributed by atoms with Crippen molar-refractivity contribution >= 4 is 39.7 Å². The van der Waals surface area contributed by atoms with Crippen molar-refractivity contribution in [3.05, 3.63) is 47.5 Å². The van der Waals surface area contributed by atoms with Crippen molar-refractivity contribution < 1.29 is 9.47 Å². The molecule has 3 aromatic rings. The number of methoxy groups -OCH3 is 2. The highest BCUT2D eigenvalue weighted by Crippen LogP contribution is 2.35. The Labute approximate surface area is 176 Å². The summed E-state index contributed by atoms with van der Waals surface area (Å²) in [5.74, 6) is 2.33. The molecule has 1 saturated heterocycles. The van der Waals surface area contributed by atoms with E-state index in [1.807, 2.05) is 36.4 Å². The number of piperazine rings is 1. The van der Waals surface area contributed by atoms with Gasteiger partial charge < -0.3 is 24.6 Å². The van der Waals surface area contributed by atoms with Crippen molar-refractivity contribution in [1.82, 2.24) is 9.88 Å². The first-order valence-electron chi connectivity index (χ1n) is 9.60. The Hall–Kier alpha value is -2.70. The number of rotatable bonds is 5. The van der Waals surface area contributed by atoms with Crippen LogP contribution in [-0.2, 0) is 0 Å². The number of benzene rings is 2. The van der Waals surface area contributed by atoms with Crippen molar-refractivity contribution in [2.75, 3.05) is 57.7 Å². The molecule has 7 heteroatoms. The molecule has 1 aliphatic rings. The molecule has 152 valence electrons. The molecule has 0 atom stereocenters. The lowest BCUT2D eigenvalue weighted by molar-refractivity contribution is 0.312. The molecule has 1 aliphatic heterocycles. The minimum absolute atomic E-state index is 0.678. The average molecular weight is 413 g/mol. The van der Waals surface area contributed by atoms with E-state index in [9.17, 15) is 0 Å². The van der Waals surface area contributed by atoms with E-state index in [-0.39, 0.29) is 0 Å². The first kappa shape index (κ1) is 19.6. The van der Waals surface area contributed by atoms with Gasteiger partial charge in [-0.25, -0.2) is 4.98 Å². The van der Waals surface area contributed by atoms with Crippen LogP contribution < -0.4 is 19.7 Å². The van der Waals surface area contributed by atoms with E-state index < -0.39 is 0 Å². The maximum atomic E-state index is 6.25. The minimum atomic E-state index is 0.678. The molecule has 0 saturated carbocycles. The number of nitrogens with one attached hydrogen (secondary N) is 1. The van der Waals surface area contributed by atoms with Gasteiger partial charge in [-0.05, 0) is 37.4 Å². The van der Waals surface area contributed by atoms with Crippen LogP contribution in [0.25, 0.3) is 10.9 Å². The Balaban J connectivity index is 1.74. The van der Waals surface area contributed by atoms with E-state index in [1.165, 1.54) is 0 Å². The second-order valence-corrected chi connectivity index (χ2v) is 7.61. The van der Waals surface area contributed by atoms with E-state index in [0.29, 0.717) is 16.5 Å². The molecule has 2 aromatic carbocycles. The standard InChI is InChI=1S/C22H25ClN4O2/c1-26-8-10-27(11-9-26)22-14-19(17-6-4-15(23)12-18(17)25-22)24-16-5-7-20(28-2)21(13-16)29-3/h4-7,12-14H,8-11H2,1-3H3,(H,24,25). The van der Waals surface area contributed by atoms with Crippen molar-refractivity contribution in [3.63, 3.8) is 0 Å². The topological polar surface area (TPSA) is 49.9 Å². The summed E-state index contributed by atoms with van der Waals surface area (Å²) in [7, 11) is 5.42. The molecule has 0 unspecified atom stereocenters. The Morgan fingerprint density at radius 3 is 2.41 bits per heavy atom. The van der Waals surface area contributed by atoms with Crippen LogP contribution >= 0.6 is 11.6 Å². The van der Waals surface area contributed by atoms with Gasteiger partial charge in [0.1, 0.15) is 5.82 Å². The van der Waals surface area contributed by atoms with E-state index in [4.69, 9.17) is 26.1 Å². The monoisotopic (exact) mass is 412 g/mol. The molecule has 2 heterocycles. The van der Waals surface area contributed by atoms with E-state index in [2.05, 4.69) is 28.2 Å². The molecule has 6 nitrogen and oxygen atoms in total. The second kappa shape index (κ2) is 8.35. The smallest absolute Gasteiger partial charge is 0.162 e. The van der Waals surface area contributed by atoms with Crippen LogP contribution in [-0.4, -0.2) is 57.3 Å². The fourth-order valence-corrected chi connectivity index (χ4v) is 3.72. The summed E-state index contributed by atoms with van der Waals surface area (Å²) < 4.78 is 10.8. The fourth-order valence-electron chi connectivity index (χ4n) is 3.56. The van der Waals surface area contributed by atoms with Crippen molar-refractivity contribution in [2.24, 2.45) is 0 Å². The molecule has 0 aliphatic carbocycles. The predicted octanol–water partition coefficient (Wildman–Crippen LogP) is 4.40. The Kier molecular flexibility index (Phi) is 5.65. The molecule has 0 amide bonds. The first-order valence-corrected chi connectivity index (χ1v) is 9.98. The number of hydrogen-bond acceptors (Lipinski definition) is 6. The largest absolute Gasteiger partial charge is 0.493 e. The Bertz CT molecular complexity index is 1020. The number of aromatic nitrogens is 1. The Morgan fingerprint density at radius 1 is 0.931 bits per heavy atom. The lowest BCUT2D eigenvalue weighted by Crippen LogP contribution is -2.44. The van der Waals surface area contributed by atoms with Gasteiger partial charge in [0.05, 0.1) is 25.4 Å². The normalized spacial score (nSPS) is 14.8. The molecule has 0 bridgehead atoms. The summed E-state index contributed by atoms with van der Waals surface area (Å²) in [6, 6.07) is 13.7. The summed E-state index contributed by atoms with van der Waals surface area (Å²) in [6.45, 7) is 3.94. The van der Waals surface area contributed by atoms with E-state index in [0.717, 1.165) is 54.3 Å². The highest BCUT2D eigenvalue weighted by atomic mass is 35.5. The molecule has 0 radical (unpaired) electrons. The Morgan fingerprint density at radius 2 is 1.69 bits per heavy atom. The van der Waals surface area contributed by atoms with Crippen LogP contribution in [0.15, 0.2) is 42.5 Å². The summed E-state index contributed by atoms with van der Waals surface area (Å²) in [6.07, 6.45) is 0. The third-order valence-corrected chi connectivity index (χ3v) is 5.48. The number of hydrogen-bond donors (Lipinski definition) is 1. The average Bonchev–Trinajstić information content (AvgIpc) is 2.73. The van der Waals surface area contributed by atoms with Gasteiger partial charge in [-0.3, -0.25) is 0 Å². The third kappa shape index (κ3) is 4.18. The van der Waals surface area contributed by atoms with Gasteiger partial charge in [0.15, 0.2) is 11.5 Å². The molecular formula is C22H25ClN4O2. The number of anilines is 3. The van der Waals surface area contributed by atoms with Gasteiger partial charge in [0.2, 0.25) is 0 Å². The van der Waals surface area contributed by atoms with Crippen molar-refractivity contribution in [1.29, 1.82) is 0 Å². The lowest BCUT2D eigenvalue weighted by Gasteiger charge is -2.33. The maximum absolute atomic E-state index is 6.25. The molecule has 1 fully saturated rings. The zero-order valence-electron chi connectivity index (χ0n) is 16.9. The fraction of sp³-hybridized carbons (Fsp3) is 0.318. The van der Waals surface area contributed by atoms with Crippen LogP contribution in [0.3, 0.4) is 0 Å². The van der Waals surface area contributed by atoms with Crippen molar-refractivity contribution in [3.8, 4) is 11.5 Å². The summed E-state index contributed by atoms with van der Waals surface area (Å²) in [5.41, 5.74) is 2.76. The van der Waals surface area contributed by atoms with Crippen LogP contribution in [0.2, 0.25) is 5.02 Å². The summed E-state index contributed by atoms with van der Waals surface area (Å²) >= 11 is 6.25. The zero-order chi connectivity index (χ0) is 20.4. The summed E-state index contributed by atoms with van der Waals surface area (Å²) in [4.78, 5) is 9.54. The van der Waals surface area contributed by atoms with Gasteiger partial charge >= 0.3 is 0 Å². The molecule has 1 aromatic heterocycles. The highest BCUT2D eigenvalue weighted by Gasteiger charge is 2.17. The SMILES string of the molecule is COc1ccc(Nc2cc(N3CCN(C)CC3)nc3cc(Cl)ccc23)cc1OC.